The SMILES string of the molecule is C=C(C)[C@@H]1C(=C)[C@H](OC(=O)[C@H](C)CC)C=C[C@H]1OC(C)=O. The lowest BCUT2D eigenvalue weighted by molar-refractivity contribution is -0.152. The van der Waals surface area contributed by atoms with Gasteiger partial charge in [0.2, 0.25) is 0 Å². The summed E-state index contributed by atoms with van der Waals surface area (Å²) in [5.74, 6) is -1.01. The predicted octanol–water partition coefficient (Wildman–Crippen LogP) is 3.19. The van der Waals surface area contributed by atoms with Gasteiger partial charge in [-0.3, -0.25) is 9.59 Å². The third kappa shape index (κ3) is 4.31. The number of rotatable bonds is 5. The zero-order chi connectivity index (χ0) is 16.2. The molecule has 0 saturated carbocycles. The highest BCUT2D eigenvalue weighted by atomic mass is 16.6. The quantitative estimate of drug-likeness (QED) is 0.577. The average molecular weight is 292 g/mol. The van der Waals surface area contributed by atoms with E-state index in [-0.39, 0.29) is 23.8 Å². The second-order valence-corrected chi connectivity index (χ2v) is 5.52. The minimum Gasteiger partial charge on any atom is -0.457 e. The van der Waals surface area contributed by atoms with Gasteiger partial charge in [0.15, 0.2) is 0 Å². The summed E-state index contributed by atoms with van der Waals surface area (Å²) in [5, 5.41) is 0. The summed E-state index contributed by atoms with van der Waals surface area (Å²) >= 11 is 0. The molecule has 21 heavy (non-hydrogen) atoms. The summed E-state index contributed by atoms with van der Waals surface area (Å²) in [7, 11) is 0. The van der Waals surface area contributed by atoms with Crippen LogP contribution in [-0.4, -0.2) is 24.1 Å². The molecule has 0 aromatic carbocycles. The van der Waals surface area contributed by atoms with Gasteiger partial charge < -0.3 is 9.47 Å². The van der Waals surface area contributed by atoms with Gasteiger partial charge in [-0.2, -0.15) is 0 Å². The zero-order valence-corrected chi connectivity index (χ0v) is 13.2. The maximum Gasteiger partial charge on any atom is 0.309 e. The average Bonchev–Trinajstić information content (AvgIpc) is 2.39. The van der Waals surface area contributed by atoms with Crippen LogP contribution in [0, 0.1) is 11.8 Å². The molecule has 0 aliphatic heterocycles. The van der Waals surface area contributed by atoms with E-state index in [0.29, 0.717) is 5.57 Å². The Balaban J connectivity index is 2.91. The first-order valence-electron chi connectivity index (χ1n) is 7.18. The molecule has 0 amide bonds. The van der Waals surface area contributed by atoms with Gasteiger partial charge in [0, 0.05) is 12.8 Å². The van der Waals surface area contributed by atoms with Crippen LogP contribution in [0.5, 0.6) is 0 Å². The monoisotopic (exact) mass is 292 g/mol. The van der Waals surface area contributed by atoms with Crippen LogP contribution in [-0.2, 0) is 19.1 Å². The molecular formula is C17H24O4. The minimum absolute atomic E-state index is 0.152. The van der Waals surface area contributed by atoms with E-state index in [1.165, 1.54) is 6.92 Å². The lowest BCUT2D eigenvalue weighted by atomic mass is 9.81. The third-order valence-corrected chi connectivity index (χ3v) is 3.66. The summed E-state index contributed by atoms with van der Waals surface area (Å²) in [5.41, 5.74) is 1.51. The number of hydrogen-bond acceptors (Lipinski definition) is 4. The van der Waals surface area contributed by atoms with Crippen LogP contribution in [0.2, 0.25) is 0 Å². The molecule has 0 spiro atoms. The predicted molar refractivity (Wildman–Crippen MR) is 81.5 cm³/mol. The Kier molecular flexibility index (Phi) is 5.94. The van der Waals surface area contributed by atoms with Gasteiger partial charge >= 0.3 is 11.9 Å². The Morgan fingerprint density at radius 2 is 1.90 bits per heavy atom. The van der Waals surface area contributed by atoms with E-state index in [2.05, 4.69) is 13.2 Å². The highest BCUT2D eigenvalue weighted by Gasteiger charge is 2.34. The van der Waals surface area contributed by atoms with Crippen LogP contribution in [0.1, 0.15) is 34.1 Å². The van der Waals surface area contributed by atoms with E-state index in [9.17, 15) is 9.59 Å². The highest BCUT2D eigenvalue weighted by Crippen LogP contribution is 2.33. The molecule has 116 valence electrons. The standard InChI is InChI=1S/C17H24O4/c1-7-11(4)17(19)21-14-8-9-15(20-13(6)18)16(10(2)3)12(14)5/h8-9,11,14-16H,2,5,7H2,1,3-4,6H3/t11-,14-,15-,16-/m1/s1. The van der Waals surface area contributed by atoms with Crippen molar-refractivity contribution in [2.24, 2.45) is 11.8 Å². The summed E-state index contributed by atoms with van der Waals surface area (Å²) in [6.45, 7) is 14.9. The van der Waals surface area contributed by atoms with Gasteiger partial charge in [-0.15, -0.1) is 0 Å². The van der Waals surface area contributed by atoms with E-state index >= 15 is 0 Å². The molecule has 4 heteroatoms. The molecule has 0 radical (unpaired) electrons. The van der Waals surface area contributed by atoms with E-state index in [0.717, 1.165) is 12.0 Å². The van der Waals surface area contributed by atoms with Gasteiger partial charge in [0.05, 0.1) is 5.92 Å². The zero-order valence-electron chi connectivity index (χ0n) is 13.2. The van der Waals surface area contributed by atoms with Crippen molar-refractivity contribution in [3.63, 3.8) is 0 Å². The molecule has 0 bridgehead atoms. The molecular weight excluding hydrogens is 268 g/mol. The van der Waals surface area contributed by atoms with Gasteiger partial charge in [-0.1, -0.05) is 32.6 Å². The summed E-state index contributed by atoms with van der Waals surface area (Å²) in [6, 6.07) is 0. The summed E-state index contributed by atoms with van der Waals surface area (Å²) in [6.07, 6.45) is 3.24. The van der Waals surface area contributed by atoms with Crippen molar-refractivity contribution in [3.05, 3.63) is 36.5 Å². The molecule has 0 aromatic heterocycles. The van der Waals surface area contributed by atoms with Crippen LogP contribution in [0.3, 0.4) is 0 Å². The van der Waals surface area contributed by atoms with Crippen molar-refractivity contribution in [1.29, 1.82) is 0 Å². The van der Waals surface area contributed by atoms with Gasteiger partial charge in [0.1, 0.15) is 12.2 Å². The maximum atomic E-state index is 11.9. The lowest BCUT2D eigenvalue weighted by Gasteiger charge is -2.34. The van der Waals surface area contributed by atoms with Crippen LogP contribution in [0.4, 0.5) is 0 Å². The van der Waals surface area contributed by atoms with Crippen LogP contribution < -0.4 is 0 Å². The first kappa shape index (κ1) is 17.2. The second-order valence-electron chi connectivity index (χ2n) is 5.52. The smallest absolute Gasteiger partial charge is 0.309 e. The van der Waals surface area contributed by atoms with E-state index < -0.39 is 12.2 Å². The largest absolute Gasteiger partial charge is 0.457 e. The fraction of sp³-hybridized carbons (Fsp3) is 0.529. The Morgan fingerprint density at radius 3 is 2.38 bits per heavy atom. The van der Waals surface area contributed by atoms with Gasteiger partial charge in [0.25, 0.3) is 0 Å². The minimum atomic E-state index is -0.500. The molecule has 4 atom stereocenters. The lowest BCUT2D eigenvalue weighted by Crippen LogP contribution is -2.36. The molecule has 0 saturated heterocycles. The fourth-order valence-electron chi connectivity index (χ4n) is 2.25. The molecule has 1 aliphatic carbocycles. The van der Waals surface area contributed by atoms with E-state index in [4.69, 9.17) is 9.47 Å². The normalized spacial score (nSPS) is 26.1. The highest BCUT2D eigenvalue weighted by molar-refractivity contribution is 5.72. The molecule has 0 heterocycles. The summed E-state index contributed by atoms with van der Waals surface area (Å²) < 4.78 is 10.8. The molecule has 0 aromatic rings. The van der Waals surface area contributed by atoms with E-state index in [1.807, 2.05) is 20.8 Å². The van der Waals surface area contributed by atoms with E-state index in [1.54, 1.807) is 12.2 Å². The molecule has 0 unspecified atom stereocenters. The third-order valence-electron chi connectivity index (χ3n) is 3.66. The molecule has 4 nitrogen and oxygen atoms in total. The maximum absolute atomic E-state index is 11.9. The number of carbonyl (C=O) groups is 2. The Hall–Kier alpha value is -1.84. The first-order chi connectivity index (χ1) is 9.77. The molecule has 0 N–H and O–H groups in total. The van der Waals surface area contributed by atoms with Crippen LogP contribution in [0.25, 0.3) is 0 Å². The van der Waals surface area contributed by atoms with Crippen molar-refractivity contribution in [2.45, 2.75) is 46.3 Å². The van der Waals surface area contributed by atoms with Crippen molar-refractivity contribution < 1.29 is 19.1 Å². The number of ether oxygens (including phenoxy) is 2. The Morgan fingerprint density at radius 1 is 1.29 bits per heavy atom. The Labute approximate surface area is 126 Å². The van der Waals surface area contributed by atoms with Crippen molar-refractivity contribution >= 4 is 11.9 Å². The second kappa shape index (κ2) is 7.25. The Bertz CT molecular complexity index is 475. The topological polar surface area (TPSA) is 52.6 Å². The van der Waals surface area contributed by atoms with Crippen LogP contribution >= 0.6 is 0 Å². The first-order valence-corrected chi connectivity index (χ1v) is 7.18. The summed E-state index contributed by atoms with van der Waals surface area (Å²) in [4.78, 5) is 23.1. The van der Waals surface area contributed by atoms with Crippen molar-refractivity contribution in [1.82, 2.24) is 0 Å². The van der Waals surface area contributed by atoms with Gasteiger partial charge in [-0.05, 0) is 31.1 Å². The number of esters is 2. The fourth-order valence-corrected chi connectivity index (χ4v) is 2.25. The molecule has 1 aliphatic rings. The van der Waals surface area contributed by atoms with Crippen molar-refractivity contribution in [2.75, 3.05) is 0 Å². The number of hydrogen-bond donors (Lipinski definition) is 0. The van der Waals surface area contributed by atoms with Crippen LogP contribution in [0.15, 0.2) is 36.5 Å². The molecule has 0 fully saturated rings. The number of carbonyl (C=O) groups excluding carboxylic acids is 2. The molecule has 1 rings (SSSR count). The van der Waals surface area contributed by atoms with Gasteiger partial charge in [-0.25, -0.2) is 0 Å². The van der Waals surface area contributed by atoms with Crippen molar-refractivity contribution in [3.8, 4) is 0 Å².